The summed E-state index contributed by atoms with van der Waals surface area (Å²) in [6, 6.07) is 7.43. The molecule has 2 aromatic rings. The van der Waals surface area contributed by atoms with Crippen LogP contribution in [0.15, 0.2) is 28.8 Å². The van der Waals surface area contributed by atoms with E-state index in [4.69, 9.17) is 9.26 Å². The number of amides is 2. The molecule has 0 radical (unpaired) electrons. The Morgan fingerprint density at radius 2 is 1.87 bits per heavy atom. The van der Waals surface area contributed by atoms with Crippen molar-refractivity contribution in [2.75, 3.05) is 26.2 Å². The Kier molecular flexibility index (Phi) is 6.30. The number of para-hydroxylation sites is 1. The lowest BCUT2D eigenvalue weighted by Crippen LogP contribution is -2.48. The minimum absolute atomic E-state index is 0.00522. The highest BCUT2D eigenvalue weighted by Gasteiger charge is 2.37. The molecule has 166 valence electrons. The van der Waals surface area contributed by atoms with Gasteiger partial charge in [0.2, 0.25) is 0 Å². The van der Waals surface area contributed by atoms with E-state index in [-0.39, 0.29) is 17.2 Å². The number of nitrogens with zero attached hydrogens (tertiary/aromatic N) is 2. The molecule has 3 heterocycles. The third kappa shape index (κ3) is 4.60. The summed E-state index contributed by atoms with van der Waals surface area (Å²) in [6.07, 6.45) is 5.96. The molecular weight excluding hydrogens is 394 g/mol. The van der Waals surface area contributed by atoms with Crippen molar-refractivity contribution in [1.82, 2.24) is 15.4 Å². The number of nitrogens with one attached hydrogen (secondary N) is 1. The molecule has 1 spiro atoms. The van der Waals surface area contributed by atoms with Crippen molar-refractivity contribution in [3.05, 3.63) is 46.8 Å². The highest BCUT2D eigenvalue weighted by molar-refractivity contribution is 5.97. The van der Waals surface area contributed by atoms with Crippen molar-refractivity contribution in [1.29, 1.82) is 0 Å². The minimum Gasteiger partial charge on any atom is -0.493 e. The van der Waals surface area contributed by atoms with Crippen molar-refractivity contribution in [3.63, 3.8) is 0 Å². The number of ether oxygens (including phenoxy) is 1. The molecule has 2 aliphatic heterocycles. The van der Waals surface area contributed by atoms with E-state index in [0.717, 1.165) is 38.5 Å². The van der Waals surface area contributed by atoms with E-state index in [0.29, 0.717) is 54.6 Å². The van der Waals surface area contributed by atoms with Crippen LogP contribution < -0.4 is 10.1 Å². The van der Waals surface area contributed by atoms with Gasteiger partial charge >= 0.3 is 0 Å². The molecule has 1 fully saturated rings. The maximum Gasteiger partial charge on any atom is 0.259 e. The van der Waals surface area contributed by atoms with Crippen LogP contribution in [0.5, 0.6) is 5.75 Å². The molecule has 1 aromatic carbocycles. The molecule has 0 saturated carbocycles. The van der Waals surface area contributed by atoms with Gasteiger partial charge in [0.15, 0.2) is 0 Å². The lowest BCUT2D eigenvalue weighted by molar-refractivity contribution is 0.0531. The molecule has 0 bridgehead atoms. The minimum atomic E-state index is -0.0928. The summed E-state index contributed by atoms with van der Waals surface area (Å²) in [6.45, 7) is 6.18. The summed E-state index contributed by atoms with van der Waals surface area (Å²) in [5.41, 5.74) is 1.82. The zero-order chi connectivity index (χ0) is 21.8. The van der Waals surface area contributed by atoms with E-state index in [1.807, 2.05) is 29.2 Å². The zero-order valence-corrected chi connectivity index (χ0v) is 18.4. The molecule has 2 amide bonds. The molecular formula is C24H31N3O4. The Bertz CT molecular complexity index is 925. The summed E-state index contributed by atoms with van der Waals surface area (Å²) >= 11 is 0. The van der Waals surface area contributed by atoms with Crippen LogP contribution in [0.25, 0.3) is 0 Å². The zero-order valence-electron chi connectivity index (χ0n) is 18.4. The second-order valence-corrected chi connectivity index (χ2v) is 8.83. The van der Waals surface area contributed by atoms with Gasteiger partial charge in [-0.25, -0.2) is 0 Å². The van der Waals surface area contributed by atoms with Crippen molar-refractivity contribution in [2.45, 2.75) is 52.4 Å². The van der Waals surface area contributed by atoms with Crippen molar-refractivity contribution in [3.8, 4) is 5.75 Å². The summed E-state index contributed by atoms with van der Waals surface area (Å²) in [5.74, 6) is 1.12. The Labute approximate surface area is 183 Å². The van der Waals surface area contributed by atoms with Crippen LogP contribution in [0.1, 0.15) is 70.7 Å². The molecule has 2 aliphatic rings. The molecule has 0 aliphatic carbocycles. The van der Waals surface area contributed by atoms with Gasteiger partial charge < -0.3 is 19.5 Å². The average molecular weight is 426 g/mol. The monoisotopic (exact) mass is 425 g/mol. The number of hydrogen-bond acceptors (Lipinski definition) is 5. The maximum absolute atomic E-state index is 13.0. The first-order valence-electron chi connectivity index (χ1n) is 11.2. The molecule has 0 atom stereocenters. The third-order valence-corrected chi connectivity index (χ3v) is 6.72. The first-order valence-corrected chi connectivity index (χ1v) is 11.2. The number of aromatic nitrogens is 1. The predicted molar refractivity (Wildman–Crippen MR) is 116 cm³/mol. The van der Waals surface area contributed by atoms with Crippen molar-refractivity contribution in [2.24, 2.45) is 5.41 Å². The number of aryl methyl sites for hydroxylation is 2. The fraction of sp³-hybridized carbons (Fsp3) is 0.542. The second kappa shape index (κ2) is 9.12. The Balaban J connectivity index is 1.46. The quantitative estimate of drug-likeness (QED) is 0.749. The topological polar surface area (TPSA) is 84.7 Å². The Hall–Kier alpha value is -2.83. The molecule has 4 rings (SSSR count). The van der Waals surface area contributed by atoms with E-state index < -0.39 is 0 Å². The number of carbonyl (C=O) groups is 2. The van der Waals surface area contributed by atoms with E-state index in [2.05, 4.69) is 10.5 Å². The molecule has 1 saturated heterocycles. The van der Waals surface area contributed by atoms with Gasteiger partial charge in [-0.15, -0.1) is 0 Å². The van der Waals surface area contributed by atoms with Crippen LogP contribution in [0.2, 0.25) is 0 Å². The van der Waals surface area contributed by atoms with Crippen LogP contribution in [0.4, 0.5) is 0 Å². The highest BCUT2D eigenvalue weighted by Crippen LogP contribution is 2.37. The van der Waals surface area contributed by atoms with Gasteiger partial charge in [-0.3, -0.25) is 9.59 Å². The first kappa shape index (κ1) is 21.4. The first-order chi connectivity index (χ1) is 15.0. The number of hydrogen-bond donors (Lipinski definition) is 1. The number of likely N-dealkylation sites (tertiary alicyclic amines) is 1. The SMILES string of the molecule is Cc1noc(C)c1C(=O)N1CCC2(CCCCCOc3ccccc3C(=O)NC2)CC1. The summed E-state index contributed by atoms with van der Waals surface area (Å²) in [7, 11) is 0. The van der Waals surface area contributed by atoms with Gasteiger partial charge in [-0.1, -0.05) is 30.1 Å². The smallest absolute Gasteiger partial charge is 0.259 e. The van der Waals surface area contributed by atoms with E-state index >= 15 is 0 Å². The van der Waals surface area contributed by atoms with Gasteiger partial charge in [-0.2, -0.15) is 0 Å². The average Bonchev–Trinajstić information content (AvgIpc) is 3.12. The number of piperidine rings is 1. The largest absolute Gasteiger partial charge is 0.493 e. The van der Waals surface area contributed by atoms with Gasteiger partial charge in [0.05, 0.1) is 17.9 Å². The third-order valence-electron chi connectivity index (χ3n) is 6.72. The number of fused-ring (bicyclic) bond motifs is 1. The predicted octanol–water partition coefficient (Wildman–Crippen LogP) is 3.90. The molecule has 1 N–H and O–H groups in total. The van der Waals surface area contributed by atoms with Crippen LogP contribution in [-0.4, -0.2) is 48.1 Å². The van der Waals surface area contributed by atoms with Crippen LogP contribution >= 0.6 is 0 Å². The van der Waals surface area contributed by atoms with Gasteiger partial charge in [0, 0.05) is 19.6 Å². The Morgan fingerprint density at radius 1 is 1.10 bits per heavy atom. The highest BCUT2D eigenvalue weighted by atomic mass is 16.5. The maximum atomic E-state index is 13.0. The fourth-order valence-corrected chi connectivity index (χ4v) is 4.75. The normalized spacial score (nSPS) is 19.5. The van der Waals surface area contributed by atoms with Gasteiger partial charge in [0.1, 0.15) is 17.1 Å². The van der Waals surface area contributed by atoms with Gasteiger partial charge in [-0.05, 0) is 57.1 Å². The lowest BCUT2D eigenvalue weighted by atomic mass is 9.74. The van der Waals surface area contributed by atoms with E-state index in [1.54, 1.807) is 13.8 Å². The standard InChI is InChI=1S/C24H31N3O4/c1-17-21(18(2)31-26-17)23(29)27-13-11-24(12-14-27)10-6-3-7-15-30-20-9-5-4-8-19(20)22(28)25-16-24/h4-5,8-9H,3,6-7,10-16H2,1-2H3,(H,25,28). The molecule has 7 nitrogen and oxygen atoms in total. The van der Waals surface area contributed by atoms with E-state index in [9.17, 15) is 9.59 Å². The second-order valence-electron chi connectivity index (χ2n) is 8.83. The lowest BCUT2D eigenvalue weighted by Gasteiger charge is -2.42. The summed E-state index contributed by atoms with van der Waals surface area (Å²) < 4.78 is 11.0. The number of benzene rings is 1. The number of carbonyl (C=O) groups excluding carboxylic acids is 2. The Morgan fingerprint density at radius 3 is 2.61 bits per heavy atom. The molecule has 7 heteroatoms. The van der Waals surface area contributed by atoms with Crippen molar-refractivity contribution < 1.29 is 18.8 Å². The van der Waals surface area contributed by atoms with Crippen molar-refractivity contribution >= 4 is 11.8 Å². The molecule has 1 aromatic heterocycles. The van der Waals surface area contributed by atoms with Crippen LogP contribution in [-0.2, 0) is 0 Å². The summed E-state index contributed by atoms with van der Waals surface area (Å²) in [5, 5.41) is 7.08. The van der Waals surface area contributed by atoms with Crippen LogP contribution in [0.3, 0.4) is 0 Å². The molecule has 31 heavy (non-hydrogen) atoms. The summed E-state index contributed by atoms with van der Waals surface area (Å²) in [4.78, 5) is 27.8. The van der Waals surface area contributed by atoms with E-state index in [1.165, 1.54) is 0 Å². The molecule has 0 unspecified atom stereocenters. The number of rotatable bonds is 1. The van der Waals surface area contributed by atoms with Gasteiger partial charge in [0.25, 0.3) is 11.8 Å². The fourth-order valence-electron chi connectivity index (χ4n) is 4.75. The van der Waals surface area contributed by atoms with Crippen LogP contribution in [0, 0.1) is 19.3 Å².